The third-order valence-electron chi connectivity index (χ3n) is 13.2. The van der Waals surface area contributed by atoms with Gasteiger partial charge in [0, 0.05) is 18.0 Å². The van der Waals surface area contributed by atoms with Gasteiger partial charge < -0.3 is 4.98 Å². The van der Waals surface area contributed by atoms with E-state index in [1.807, 2.05) is 18.3 Å². The summed E-state index contributed by atoms with van der Waals surface area (Å²) in [5.41, 5.74) is 17.2. The van der Waals surface area contributed by atoms with Gasteiger partial charge in [-0.05, 0) is 92.0 Å². The van der Waals surface area contributed by atoms with E-state index >= 15 is 0 Å². The molecule has 0 spiro atoms. The van der Waals surface area contributed by atoms with E-state index < -0.39 is 17.2 Å². The molecule has 0 atom stereocenters. The van der Waals surface area contributed by atoms with Crippen LogP contribution in [0.4, 0.5) is 0 Å². The Morgan fingerprint density at radius 3 is 1.27 bits per heavy atom. The molecule has 0 saturated carbocycles. The summed E-state index contributed by atoms with van der Waals surface area (Å²) >= 11 is 0. The van der Waals surface area contributed by atoms with Crippen LogP contribution in [-0.2, 0) is 53.7 Å². The van der Waals surface area contributed by atoms with Gasteiger partial charge in [0.15, 0.2) is 0 Å². The SMILES string of the molecule is C1O[PH+]2OCC1CO2.C1O[PH+]2OCC1CO2.CC(C)Cc1ccc2c(-c3[c-]cc(-c4ccccc4-c4cc(-c5ccccc5-c5c[c-]ccc5)cc(-c5ccccc5-c5c[c-]ccc5)c4)cc3)nccc2c1.[Ir+3]. The summed E-state index contributed by atoms with van der Waals surface area (Å²) in [6.07, 6.45) is 2.98. The summed E-state index contributed by atoms with van der Waals surface area (Å²) in [7, 11) is -2.44. The average Bonchev–Trinajstić information content (AvgIpc) is 3.46. The van der Waals surface area contributed by atoms with Crippen molar-refractivity contribution >= 4 is 28.0 Å². The Bertz CT molecular complexity index is 3080. The fraction of sp³-hybridized carbons (Fsp3) is 0.190. The quantitative estimate of drug-likeness (QED) is 0.105. The molecule has 10 heteroatoms. The van der Waals surface area contributed by atoms with Gasteiger partial charge in [-0.25, -0.2) is 0 Å². The summed E-state index contributed by atoms with van der Waals surface area (Å²) in [5, 5.41) is 2.36. The number of hydrogen-bond acceptors (Lipinski definition) is 7. The minimum atomic E-state index is -1.22. The van der Waals surface area contributed by atoms with Crippen molar-refractivity contribution in [1.29, 1.82) is 0 Å². The van der Waals surface area contributed by atoms with E-state index in [2.05, 4.69) is 202 Å². The maximum Gasteiger partial charge on any atom is 3.00 e. The van der Waals surface area contributed by atoms with Crippen LogP contribution in [0.1, 0.15) is 19.4 Å². The Hall–Kier alpha value is -5.56. The Morgan fingerprint density at radius 2 is 0.918 bits per heavy atom. The van der Waals surface area contributed by atoms with E-state index in [9.17, 15) is 0 Å². The molecule has 6 aliphatic heterocycles. The van der Waals surface area contributed by atoms with Gasteiger partial charge >= 0.3 is 37.3 Å². The topological polar surface area (TPSA) is 68.3 Å². The molecule has 0 radical (unpaired) electrons. The van der Waals surface area contributed by atoms with Gasteiger partial charge in [-0.1, -0.05) is 127 Å². The first-order valence-corrected chi connectivity index (χ1v) is 27.2. The van der Waals surface area contributed by atoms with Gasteiger partial charge in [-0.3, -0.25) is 0 Å². The van der Waals surface area contributed by atoms with Crippen LogP contribution in [0.25, 0.3) is 88.8 Å². The van der Waals surface area contributed by atoms with Crippen molar-refractivity contribution in [2.75, 3.05) is 39.6 Å². The number of aromatic nitrogens is 1. The summed E-state index contributed by atoms with van der Waals surface area (Å²) in [6, 6.07) is 75.2. The van der Waals surface area contributed by atoms with E-state index in [0.29, 0.717) is 17.8 Å². The maximum atomic E-state index is 5.13. The number of pyridine rings is 1. The largest absolute Gasteiger partial charge is 3.00 e. The van der Waals surface area contributed by atoms with Crippen LogP contribution in [0.2, 0.25) is 0 Å². The van der Waals surface area contributed by atoms with Crippen molar-refractivity contribution in [2.24, 2.45) is 17.8 Å². The third-order valence-corrected chi connectivity index (χ3v) is 15.6. The standard InChI is InChI=1S/C55H40N.2C4H8O3P.Ir/c1-38(2)33-39-25-30-54-44(34-39)31-32-56-55(54)43-28-26-42(27-29-43)50-21-11-14-24-53(50)47-36-45(51-22-12-9-19-48(51)40-15-5-3-6-16-40)35-46(37-47)52-23-13-10-20-49(52)41-17-7-4-8-18-41;2*1-4-2-6-8(5-1)7-3-4;/h3-5,7,9-28,30-32,34-38H,33H2,1-2H3;2*4,8H,1-3H2;/q-3;2*+1;+3. The molecule has 73 heavy (non-hydrogen) atoms. The van der Waals surface area contributed by atoms with Crippen molar-refractivity contribution in [3.8, 4) is 78.0 Å². The summed E-state index contributed by atoms with van der Waals surface area (Å²) in [6.45, 7) is 9.66. The molecule has 7 nitrogen and oxygen atoms in total. The van der Waals surface area contributed by atoms with Gasteiger partial charge in [-0.15, -0.1) is 41.0 Å². The predicted molar refractivity (Wildman–Crippen MR) is 294 cm³/mol. The zero-order valence-corrected chi connectivity index (χ0v) is 45.2. The molecule has 0 unspecified atom stereocenters. The van der Waals surface area contributed by atoms with Gasteiger partial charge in [0.1, 0.15) is 39.6 Å². The van der Waals surface area contributed by atoms with Gasteiger partial charge in [-0.2, -0.15) is 87.8 Å². The van der Waals surface area contributed by atoms with Crippen LogP contribution >= 0.6 is 17.2 Å². The second kappa shape index (κ2) is 24.2. The predicted octanol–water partition coefficient (Wildman–Crippen LogP) is 15.8. The molecule has 8 aromatic carbocycles. The Kier molecular flexibility index (Phi) is 16.9. The Balaban J connectivity index is 0.000000301. The van der Waals surface area contributed by atoms with E-state index in [0.717, 1.165) is 107 Å². The second-order valence-corrected chi connectivity index (χ2v) is 21.7. The molecular formula is C63H56IrNO6P2+2. The molecule has 0 amide bonds. The van der Waals surface area contributed by atoms with Crippen molar-refractivity contribution < 1.29 is 47.2 Å². The van der Waals surface area contributed by atoms with Crippen molar-refractivity contribution in [2.45, 2.75) is 20.3 Å². The van der Waals surface area contributed by atoms with E-state index in [-0.39, 0.29) is 20.1 Å². The normalized spacial score (nSPS) is 18.5. The van der Waals surface area contributed by atoms with Crippen LogP contribution in [0.5, 0.6) is 0 Å². The van der Waals surface area contributed by atoms with Gasteiger partial charge in [0.05, 0.1) is 0 Å². The molecule has 15 rings (SSSR count). The monoisotopic (exact) mass is 1180 g/mol. The van der Waals surface area contributed by atoms with Crippen LogP contribution in [0.15, 0.2) is 188 Å². The number of nitrogens with zero attached hydrogens (tertiary/aromatic N) is 1. The minimum absolute atomic E-state index is 0. The first-order chi connectivity index (χ1) is 35.5. The number of hydrogen-bond donors (Lipinski definition) is 0. The fourth-order valence-corrected chi connectivity index (χ4v) is 12.3. The average molecular weight is 1180 g/mol. The maximum absolute atomic E-state index is 5.13. The molecule has 0 N–H and O–H groups in total. The zero-order chi connectivity index (χ0) is 48.6. The van der Waals surface area contributed by atoms with Crippen molar-refractivity contribution in [1.82, 2.24) is 4.98 Å². The van der Waals surface area contributed by atoms with Crippen LogP contribution in [-0.4, -0.2) is 44.6 Å². The number of rotatable bonds is 9. The smallest absolute Gasteiger partial charge is 0.304 e. The first-order valence-electron chi connectivity index (χ1n) is 24.8. The first kappa shape index (κ1) is 50.9. The van der Waals surface area contributed by atoms with Gasteiger partial charge in [0.2, 0.25) is 0 Å². The molecule has 6 fully saturated rings. The van der Waals surface area contributed by atoms with Crippen LogP contribution in [0.3, 0.4) is 0 Å². The van der Waals surface area contributed by atoms with Crippen LogP contribution in [0, 0.1) is 36.0 Å². The van der Waals surface area contributed by atoms with Gasteiger partial charge in [0.25, 0.3) is 0 Å². The molecule has 4 bridgehead atoms. The van der Waals surface area contributed by atoms with Crippen molar-refractivity contribution in [3.63, 3.8) is 0 Å². The van der Waals surface area contributed by atoms with E-state index in [1.165, 1.54) is 33.2 Å². The molecule has 6 saturated heterocycles. The van der Waals surface area contributed by atoms with Crippen molar-refractivity contribution in [3.05, 3.63) is 212 Å². The van der Waals surface area contributed by atoms with Crippen LogP contribution < -0.4 is 0 Å². The second-order valence-electron chi connectivity index (χ2n) is 18.9. The number of benzene rings is 8. The molecule has 9 aromatic rings. The van der Waals surface area contributed by atoms with E-state index in [4.69, 9.17) is 32.1 Å². The third kappa shape index (κ3) is 12.2. The molecule has 6 aliphatic rings. The molecule has 1 aromatic heterocycles. The minimum Gasteiger partial charge on any atom is -0.304 e. The fourth-order valence-electron chi connectivity index (χ4n) is 9.61. The molecule has 7 heterocycles. The molecular weight excluding hydrogens is 1120 g/mol. The summed E-state index contributed by atoms with van der Waals surface area (Å²) in [5.74, 6) is 1.63. The zero-order valence-electron chi connectivity index (χ0n) is 40.8. The molecule has 0 aliphatic carbocycles. The summed E-state index contributed by atoms with van der Waals surface area (Å²) < 4.78 is 30.8. The van der Waals surface area contributed by atoms with E-state index in [1.54, 1.807) is 0 Å². The Labute approximate surface area is 445 Å². The number of fused-ring (bicyclic) bond motifs is 7. The summed E-state index contributed by atoms with van der Waals surface area (Å²) in [4.78, 5) is 4.83. The Morgan fingerprint density at radius 1 is 0.479 bits per heavy atom. The molecule has 366 valence electrons.